The minimum atomic E-state index is -2.76. The number of nitrogens with one attached hydrogen (secondary N) is 2. The van der Waals surface area contributed by atoms with Gasteiger partial charge in [0, 0.05) is 16.8 Å². The Balaban J connectivity index is 3.07. The van der Waals surface area contributed by atoms with Gasteiger partial charge >= 0.3 is 0 Å². The molecule has 78 valence electrons. The number of rotatable bonds is 3. The Hall–Kier alpha value is -0.750. The molecule has 2 N–H and O–H groups in total. The molecule has 0 spiro atoms. The Morgan fingerprint density at radius 2 is 2.21 bits per heavy atom. The van der Waals surface area contributed by atoms with Crippen LogP contribution in [-0.2, 0) is 9.92 Å². The number of anilines is 1. The molecule has 4 nitrogen and oxygen atoms in total. The third-order valence-corrected chi connectivity index (χ3v) is 2.78. The molecule has 0 fully saturated rings. The van der Waals surface area contributed by atoms with Crippen LogP contribution in [0, 0.1) is 4.78 Å². The third kappa shape index (κ3) is 3.19. The molecule has 1 aromatic rings. The predicted octanol–water partition coefficient (Wildman–Crippen LogP) is 2.46. The van der Waals surface area contributed by atoms with Crippen molar-refractivity contribution >= 4 is 31.5 Å². The van der Waals surface area contributed by atoms with Crippen molar-refractivity contribution in [3.63, 3.8) is 0 Å². The molecule has 0 amide bonds. The summed E-state index contributed by atoms with van der Waals surface area (Å²) in [5.41, 5.74) is 0.590. The summed E-state index contributed by atoms with van der Waals surface area (Å²) in [7, 11) is -1.21. The van der Waals surface area contributed by atoms with Crippen molar-refractivity contribution in [2.75, 3.05) is 18.1 Å². The Bertz CT molecular complexity index is 431. The fraction of sp³-hybridized carbons (Fsp3) is 0.250. The first-order valence-electron chi connectivity index (χ1n) is 3.77. The zero-order valence-electron chi connectivity index (χ0n) is 7.83. The van der Waals surface area contributed by atoms with Crippen molar-refractivity contribution in [1.29, 1.82) is 4.78 Å². The summed E-state index contributed by atoms with van der Waals surface area (Å²) in [6.45, 7) is 0. The smallest absolute Gasteiger partial charge is 0.123 e. The number of halogens is 1. The maximum Gasteiger partial charge on any atom is 0.123 e. The van der Waals surface area contributed by atoms with Crippen molar-refractivity contribution < 1.29 is 8.95 Å². The highest BCUT2D eigenvalue weighted by atomic mass is 79.9. The van der Waals surface area contributed by atoms with E-state index >= 15 is 0 Å². The van der Waals surface area contributed by atoms with Crippen LogP contribution >= 0.6 is 15.9 Å². The van der Waals surface area contributed by atoms with Gasteiger partial charge in [0.15, 0.2) is 0 Å². The summed E-state index contributed by atoms with van der Waals surface area (Å²) >= 11 is 3.29. The molecular weight excluding hydrogens is 268 g/mol. The molecule has 0 aliphatic heterocycles. The molecule has 1 unspecified atom stereocenters. The molecule has 0 heterocycles. The van der Waals surface area contributed by atoms with Gasteiger partial charge in [0.2, 0.25) is 0 Å². The van der Waals surface area contributed by atoms with E-state index in [1.54, 1.807) is 25.3 Å². The second-order valence-electron chi connectivity index (χ2n) is 2.79. The van der Waals surface area contributed by atoms with Crippen LogP contribution in [0.3, 0.4) is 0 Å². The quantitative estimate of drug-likeness (QED) is 0.892. The van der Waals surface area contributed by atoms with E-state index in [-0.39, 0.29) is 0 Å². The van der Waals surface area contributed by atoms with Gasteiger partial charge in [-0.25, -0.2) is 8.99 Å². The molecule has 1 atom stereocenters. The van der Waals surface area contributed by atoms with Gasteiger partial charge in [-0.2, -0.15) is 0 Å². The largest absolute Gasteiger partial charge is 0.497 e. The molecule has 0 aliphatic rings. The summed E-state index contributed by atoms with van der Waals surface area (Å²) in [6.07, 6.45) is 1.32. The van der Waals surface area contributed by atoms with Crippen LogP contribution in [0.4, 0.5) is 5.69 Å². The maximum atomic E-state index is 11.2. The normalized spacial score (nSPS) is 14.5. The van der Waals surface area contributed by atoms with Crippen LogP contribution < -0.4 is 9.46 Å². The SMILES string of the molecule is COc1ccc(Br)c(NS(C)(=N)=O)c1. The van der Waals surface area contributed by atoms with E-state index < -0.39 is 9.92 Å². The van der Waals surface area contributed by atoms with E-state index in [1.807, 2.05) is 0 Å². The van der Waals surface area contributed by atoms with Gasteiger partial charge in [-0.3, -0.25) is 4.72 Å². The Labute approximate surface area is 91.9 Å². The fourth-order valence-corrected chi connectivity index (χ4v) is 1.98. The minimum Gasteiger partial charge on any atom is -0.497 e. The molecular formula is C8H11BrN2O2S. The van der Waals surface area contributed by atoms with E-state index in [1.165, 1.54) is 6.26 Å². The van der Waals surface area contributed by atoms with Crippen LogP contribution in [0.2, 0.25) is 0 Å². The number of hydrogen-bond acceptors (Lipinski definition) is 3. The highest BCUT2D eigenvalue weighted by Crippen LogP contribution is 2.27. The summed E-state index contributed by atoms with van der Waals surface area (Å²) < 4.78 is 26.8. The summed E-state index contributed by atoms with van der Waals surface area (Å²) in [5, 5.41) is 0. The van der Waals surface area contributed by atoms with E-state index in [0.717, 1.165) is 4.47 Å². The first-order chi connectivity index (χ1) is 6.42. The lowest BCUT2D eigenvalue weighted by Crippen LogP contribution is -2.08. The lowest BCUT2D eigenvalue weighted by molar-refractivity contribution is 0.415. The number of benzene rings is 1. The first kappa shape index (κ1) is 11.3. The highest BCUT2D eigenvalue weighted by Gasteiger charge is 2.04. The zero-order chi connectivity index (χ0) is 10.8. The van der Waals surface area contributed by atoms with Crippen LogP contribution in [0.15, 0.2) is 22.7 Å². The number of hydrogen-bond donors (Lipinski definition) is 2. The van der Waals surface area contributed by atoms with E-state index in [4.69, 9.17) is 9.52 Å². The molecule has 14 heavy (non-hydrogen) atoms. The van der Waals surface area contributed by atoms with Crippen LogP contribution in [-0.4, -0.2) is 17.6 Å². The monoisotopic (exact) mass is 278 g/mol. The molecule has 0 aliphatic carbocycles. The van der Waals surface area contributed by atoms with Crippen LogP contribution in [0.1, 0.15) is 0 Å². The lowest BCUT2D eigenvalue weighted by atomic mass is 10.3. The topological polar surface area (TPSA) is 62.2 Å². The summed E-state index contributed by atoms with van der Waals surface area (Å²) in [5.74, 6) is 0.652. The van der Waals surface area contributed by atoms with Crippen molar-refractivity contribution in [3.05, 3.63) is 22.7 Å². The average Bonchev–Trinajstić information content (AvgIpc) is 2.06. The van der Waals surface area contributed by atoms with Gasteiger partial charge in [0.1, 0.15) is 15.7 Å². The molecule has 0 bridgehead atoms. The zero-order valence-corrected chi connectivity index (χ0v) is 10.2. The number of ether oxygens (including phenoxy) is 1. The first-order valence-corrected chi connectivity index (χ1v) is 6.53. The van der Waals surface area contributed by atoms with Crippen molar-refractivity contribution in [3.8, 4) is 5.75 Å². The molecule has 1 aromatic carbocycles. The second-order valence-corrected chi connectivity index (χ2v) is 5.54. The van der Waals surface area contributed by atoms with Crippen molar-refractivity contribution in [1.82, 2.24) is 0 Å². The van der Waals surface area contributed by atoms with Crippen LogP contribution in [0.5, 0.6) is 5.75 Å². The Morgan fingerprint density at radius 3 is 2.71 bits per heavy atom. The lowest BCUT2D eigenvalue weighted by Gasteiger charge is -2.09. The standard InChI is InChI=1S/C8H11BrN2O2S/c1-13-6-3-4-7(9)8(5-6)11-14(2,10)12/h3-5H,1-2H3,(H2,10,11,12). The van der Waals surface area contributed by atoms with Gasteiger partial charge in [0.25, 0.3) is 0 Å². The Kier molecular flexibility index (Phi) is 3.38. The van der Waals surface area contributed by atoms with Crippen LogP contribution in [0.25, 0.3) is 0 Å². The minimum absolute atomic E-state index is 0.590. The summed E-state index contributed by atoms with van der Waals surface area (Å²) in [4.78, 5) is 0. The maximum absolute atomic E-state index is 11.2. The average molecular weight is 279 g/mol. The van der Waals surface area contributed by atoms with Crippen molar-refractivity contribution in [2.24, 2.45) is 0 Å². The van der Waals surface area contributed by atoms with E-state index in [2.05, 4.69) is 20.7 Å². The third-order valence-electron chi connectivity index (χ3n) is 1.48. The van der Waals surface area contributed by atoms with Gasteiger partial charge in [-0.05, 0) is 28.1 Å². The summed E-state index contributed by atoms with van der Waals surface area (Å²) in [6, 6.07) is 5.23. The molecule has 0 saturated carbocycles. The molecule has 0 aromatic heterocycles. The predicted molar refractivity (Wildman–Crippen MR) is 61.1 cm³/mol. The van der Waals surface area contributed by atoms with Gasteiger partial charge in [-0.1, -0.05) is 0 Å². The van der Waals surface area contributed by atoms with E-state index in [9.17, 15) is 4.21 Å². The van der Waals surface area contributed by atoms with Gasteiger partial charge in [-0.15, -0.1) is 0 Å². The number of methoxy groups -OCH3 is 1. The highest BCUT2D eigenvalue weighted by molar-refractivity contribution is 9.10. The Morgan fingerprint density at radius 1 is 1.57 bits per heavy atom. The van der Waals surface area contributed by atoms with Gasteiger partial charge in [0.05, 0.1) is 12.8 Å². The van der Waals surface area contributed by atoms with Gasteiger partial charge < -0.3 is 4.74 Å². The van der Waals surface area contributed by atoms with E-state index in [0.29, 0.717) is 11.4 Å². The molecule has 0 radical (unpaired) electrons. The molecule has 1 rings (SSSR count). The second kappa shape index (κ2) is 4.18. The van der Waals surface area contributed by atoms with Crippen molar-refractivity contribution in [2.45, 2.75) is 0 Å². The molecule has 6 heteroatoms. The molecule has 0 saturated heterocycles. The fourth-order valence-electron chi connectivity index (χ4n) is 0.919.